The van der Waals surface area contributed by atoms with E-state index in [1.54, 1.807) is 13.2 Å². The summed E-state index contributed by atoms with van der Waals surface area (Å²) < 4.78 is 10.8. The predicted octanol–water partition coefficient (Wildman–Crippen LogP) is 2.32. The van der Waals surface area contributed by atoms with E-state index in [0.717, 1.165) is 5.33 Å². The molecule has 4 nitrogen and oxygen atoms in total. The first-order chi connectivity index (χ1) is 9.15. The van der Waals surface area contributed by atoms with Crippen molar-refractivity contribution >= 4 is 21.8 Å². The van der Waals surface area contributed by atoms with Crippen molar-refractivity contribution in [3.63, 3.8) is 0 Å². The zero-order valence-corrected chi connectivity index (χ0v) is 12.7. The zero-order valence-electron chi connectivity index (χ0n) is 11.1. The van der Waals surface area contributed by atoms with Crippen LogP contribution < -0.4 is 4.74 Å². The van der Waals surface area contributed by atoms with Crippen molar-refractivity contribution in [1.29, 1.82) is 0 Å². The number of benzene rings is 1. The highest BCUT2D eigenvalue weighted by Gasteiger charge is 2.29. The third kappa shape index (κ3) is 3.28. The molecular formula is C14H18BrNO3. The second-order valence-electron chi connectivity index (χ2n) is 4.65. The number of hydrogen-bond donors (Lipinski definition) is 0. The maximum absolute atomic E-state index is 12.5. The molecule has 0 radical (unpaired) electrons. The molecule has 1 aromatic rings. The molecule has 0 spiro atoms. The van der Waals surface area contributed by atoms with Crippen molar-refractivity contribution in [2.45, 2.75) is 19.1 Å². The SMILES string of the molecule is COc1cccc(C(=O)N2CC(CBr)OCC2C)c1. The normalized spacial score (nSPS) is 23.2. The van der Waals surface area contributed by atoms with Gasteiger partial charge in [-0.3, -0.25) is 4.79 Å². The van der Waals surface area contributed by atoms with Gasteiger partial charge >= 0.3 is 0 Å². The standard InChI is InChI=1S/C14H18BrNO3/c1-10-9-19-13(7-15)8-16(10)14(17)11-4-3-5-12(6-11)18-2/h3-6,10,13H,7-9H2,1-2H3. The van der Waals surface area contributed by atoms with Crippen molar-refractivity contribution in [1.82, 2.24) is 4.90 Å². The Hall–Kier alpha value is -1.07. The van der Waals surface area contributed by atoms with E-state index in [9.17, 15) is 4.79 Å². The van der Waals surface area contributed by atoms with E-state index < -0.39 is 0 Å². The van der Waals surface area contributed by atoms with Crippen molar-refractivity contribution in [3.8, 4) is 5.75 Å². The van der Waals surface area contributed by atoms with Crippen molar-refractivity contribution in [2.24, 2.45) is 0 Å². The third-order valence-electron chi connectivity index (χ3n) is 3.26. The minimum absolute atomic E-state index is 0.0284. The van der Waals surface area contributed by atoms with Gasteiger partial charge in [-0.05, 0) is 25.1 Å². The Bertz CT molecular complexity index is 452. The molecule has 1 heterocycles. The highest BCUT2D eigenvalue weighted by atomic mass is 79.9. The first kappa shape index (κ1) is 14.3. The molecule has 2 unspecified atom stereocenters. The smallest absolute Gasteiger partial charge is 0.254 e. The fourth-order valence-corrected chi connectivity index (χ4v) is 2.51. The summed E-state index contributed by atoms with van der Waals surface area (Å²) in [5, 5.41) is 0.738. The second kappa shape index (κ2) is 6.39. The van der Waals surface area contributed by atoms with Crippen LogP contribution in [0, 0.1) is 0 Å². The largest absolute Gasteiger partial charge is 0.497 e. The van der Waals surface area contributed by atoms with Crippen LogP contribution >= 0.6 is 15.9 Å². The van der Waals surface area contributed by atoms with Crippen LogP contribution in [0.25, 0.3) is 0 Å². The average molecular weight is 328 g/mol. The number of carbonyl (C=O) groups excluding carboxylic acids is 1. The Balaban J connectivity index is 2.16. The molecule has 1 aromatic carbocycles. The summed E-state index contributed by atoms with van der Waals surface area (Å²) >= 11 is 3.40. The summed E-state index contributed by atoms with van der Waals surface area (Å²) in [4.78, 5) is 14.4. The van der Waals surface area contributed by atoms with E-state index in [4.69, 9.17) is 9.47 Å². The van der Waals surface area contributed by atoms with Gasteiger partial charge in [-0.15, -0.1) is 0 Å². The number of alkyl halides is 1. The molecule has 0 aromatic heterocycles. The quantitative estimate of drug-likeness (QED) is 0.800. The summed E-state index contributed by atoms with van der Waals surface area (Å²) in [7, 11) is 1.60. The molecule has 1 aliphatic heterocycles. The van der Waals surface area contributed by atoms with Gasteiger partial charge in [0, 0.05) is 17.4 Å². The van der Waals surface area contributed by atoms with Crippen LogP contribution in [0.3, 0.4) is 0 Å². The number of halogens is 1. The van der Waals surface area contributed by atoms with Crippen molar-refractivity contribution in [2.75, 3.05) is 25.6 Å². The number of rotatable bonds is 3. The van der Waals surface area contributed by atoms with E-state index in [2.05, 4.69) is 15.9 Å². The van der Waals surface area contributed by atoms with Crippen LogP contribution in [0.2, 0.25) is 0 Å². The van der Waals surface area contributed by atoms with Crippen molar-refractivity contribution in [3.05, 3.63) is 29.8 Å². The van der Waals surface area contributed by atoms with Gasteiger partial charge in [-0.1, -0.05) is 22.0 Å². The summed E-state index contributed by atoms with van der Waals surface area (Å²) in [5.41, 5.74) is 0.654. The van der Waals surface area contributed by atoms with E-state index in [1.807, 2.05) is 30.0 Å². The van der Waals surface area contributed by atoms with Gasteiger partial charge < -0.3 is 14.4 Å². The Morgan fingerprint density at radius 1 is 1.58 bits per heavy atom. The lowest BCUT2D eigenvalue weighted by Gasteiger charge is -2.37. The molecule has 1 amide bonds. The first-order valence-corrected chi connectivity index (χ1v) is 7.40. The van der Waals surface area contributed by atoms with Gasteiger partial charge in [-0.25, -0.2) is 0 Å². The molecule has 1 saturated heterocycles. The molecule has 19 heavy (non-hydrogen) atoms. The van der Waals surface area contributed by atoms with E-state index in [1.165, 1.54) is 0 Å². The molecule has 2 rings (SSSR count). The number of ether oxygens (including phenoxy) is 2. The fourth-order valence-electron chi connectivity index (χ4n) is 2.12. The number of nitrogens with zero attached hydrogens (tertiary/aromatic N) is 1. The maximum Gasteiger partial charge on any atom is 0.254 e. The van der Waals surface area contributed by atoms with E-state index in [0.29, 0.717) is 24.5 Å². The van der Waals surface area contributed by atoms with Gasteiger partial charge in [0.25, 0.3) is 5.91 Å². The molecule has 2 atom stereocenters. The Kier molecular flexibility index (Phi) is 4.82. The number of carbonyl (C=O) groups is 1. The maximum atomic E-state index is 12.5. The second-order valence-corrected chi connectivity index (χ2v) is 5.30. The van der Waals surface area contributed by atoms with Gasteiger partial charge in [0.05, 0.1) is 25.9 Å². The van der Waals surface area contributed by atoms with Crippen molar-refractivity contribution < 1.29 is 14.3 Å². The Morgan fingerprint density at radius 2 is 2.37 bits per heavy atom. The van der Waals surface area contributed by atoms with Crippen LogP contribution in [0.1, 0.15) is 17.3 Å². The van der Waals surface area contributed by atoms with Gasteiger partial charge in [-0.2, -0.15) is 0 Å². The highest BCUT2D eigenvalue weighted by Crippen LogP contribution is 2.19. The lowest BCUT2D eigenvalue weighted by molar-refractivity contribution is -0.0361. The van der Waals surface area contributed by atoms with Crippen LogP contribution in [-0.2, 0) is 4.74 Å². The lowest BCUT2D eigenvalue weighted by Crippen LogP contribution is -2.51. The molecular weight excluding hydrogens is 310 g/mol. The van der Waals surface area contributed by atoms with E-state index in [-0.39, 0.29) is 18.1 Å². The number of amides is 1. The molecule has 5 heteroatoms. The first-order valence-electron chi connectivity index (χ1n) is 6.28. The topological polar surface area (TPSA) is 38.8 Å². The van der Waals surface area contributed by atoms with Gasteiger partial charge in [0.1, 0.15) is 5.75 Å². The average Bonchev–Trinajstić information content (AvgIpc) is 2.47. The molecule has 0 N–H and O–H groups in total. The molecule has 1 fully saturated rings. The minimum atomic E-state index is 0.0284. The minimum Gasteiger partial charge on any atom is -0.497 e. The van der Waals surface area contributed by atoms with Crippen LogP contribution in [0.15, 0.2) is 24.3 Å². The number of hydrogen-bond acceptors (Lipinski definition) is 3. The van der Waals surface area contributed by atoms with Crippen LogP contribution in [0.5, 0.6) is 5.75 Å². The molecule has 0 bridgehead atoms. The highest BCUT2D eigenvalue weighted by molar-refractivity contribution is 9.09. The molecule has 104 valence electrons. The molecule has 0 saturated carbocycles. The number of methoxy groups -OCH3 is 1. The summed E-state index contributed by atoms with van der Waals surface area (Å²) in [6.07, 6.45) is 0.0609. The zero-order chi connectivity index (χ0) is 13.8. The molecule has 1 aliphatic rings. The monoisotopic (exact) mass is 327 g/mol. The van der Waals surface area contributed by atoms with E-state index >= 15 is 0 Å². The van der Waals surface area contributed by atoms with Gasteiger partial charge in [0.2, 0.25) is 0 Å². The predicted molar refractivity (Wildman–Crippen MR) is 77.0 cm³/mol. The van der Waals surface area contributed by atoms with Crippen LogP contribution in [-0.4, -0.2) is 48.5 Å². The number of morpholine rings is 1. The fraction of sp³-hybridized carbons (Fsp3) is 0.500. The Morgan fingerprint density at radius 3 is 3.05 bits per heavy atom. The lowest BCUT2D eigenvalue weighted by atomic mass is 10.1. The van der Waals surface area contributed by atoms with Gasteiger partial charge in [0.15, 0.2) is 0 Å². The summed E-state index contributed by atoms with van der Waals surface area (Å²) in [6, 6.07) is 7.35. The Labute approximate surface area is 121 Å². The third-order valence-corrected chi connectivity index (χ3v) is 3.98. The molecule has 0 aliphatic carbocycles. The summed E-state index contributed by atoms with van der Waals surface area (Å²) in [5.74, 6) is 0.726. The summed E-state index contributed by atoms with van der Waals surface area (Å²) in [6.45, 7) is 3.19. The van der Waals surface area contributed by atoms with Crippen LogP contribution in [0.4, 0.5) is 0 Å².